The Morgan fingerprint density at radius 1 is 1.14 bits per heavy atom. The number of likely N-dealkylation sites (tertiary alicyclic amines) is 1. The molecule has 1 saturated heterocycles. The highest BCUT2D eigenvalue weighted by Crippen LogP contribution is 2.32. The van der Waals surface area contributed by atoms with Gasteiger partial charge in [0, 0.05) is 30.1 Å². The second-order valence-electron chi connectivity index (χ2n) is 8.62. The van der Waals surface area contributed by atoms with Gasteiger partial charge in [-0.2, -0.15) is 10.1 Å². The average Bonchev–Trinajstić information content (AvgIpc) is 3.26. The molecular weight excluding hydrogens is 491 g/mol. The maximum atomic E-state index is 14.3. The summed E-state index contributed by atoms with van der Waals surface area (Å²) in [4.78, 5) is 30.0. The van der Waals surface area contributed by atoms with E-state index in [0.717, 1.165) is 29.3 Å². The molecule has 13 heteroatoms. The van der Waals surface area contributed by atoms with E-state index in [1.54, 1.807) is 0 Å². The van der Waals surface area contributed by atoms with Gasteiger partial charge in [-0.15, -0.1) is 0 Å². The van der Waals surface area contributed by atoms with Crippen molar-refractivity contribution in [3.05, 3.63) is 64.6 Å². The number of halogens is 3. The molecule has 0 radical (unpaired) electrons. The predicted octanol–water partition coefficient (Wildman–Crippen LogP) is 3.33. The Bertz CT molecular complexity index is 1290. The lowest BCUT2D eigenvalue weighted by Gasteiger charge is -2.40. The maximum absolute atomic E-state index is 14.3. The summed E-state index contributed by atoms with van der Waals surface area (Å²) in [6.45, 7) is 3.18. The van der Waals surface area contributed by atoms with Gasteiger partial charge in [0.1, 0.15) is 23.6 Å². The Kier molecular flexibility index (Phi) is 7.14. The van der Waals surface area contributed by atoms with E-state index in [-0.39, 0.29) is 47.3 Å². The van der Waals surface area contributed by atoms with E-state index in [1.165, 1.54) is 31.0 Å². The second-order valence-corrected chi connectivity index (χ2v) is 8.62. The third kappa shape index (κ3) is 5.55. The summed E-state index contributed by atoms with van der Waals surface area (Å²) in [5.41, 5.74) is 5.81. The summed E-state index contributed by atoms with van der Waals surface area (Å²) in [6, 6.07) is 4.41. The highest BCUT2D eigenvalue weighted by Gasteiger charge is 2.39. The van der Waals surface area contributed by atoms with Crippen LogP contribution in [0.1, 0.15) is 31.9 Å². The quantitative estimate of drug-likeness (QED) is 0.384. The van der Waals surface area contributed by atoms with E-state index < -0.39 is 41.5 Å². The molecule has 0 saturated carbocycles. The number of ether oxygens (including phenoxy) is 1. The van der Waals surface area contributed by atoms with E-state index in [2.05, 4.69) is 15.4 Å². The molecule has 10 nitrogen and oxygen atoms in total. The van der Waals surface area contributed by atoms with Crippen LogP contribution in [0.25, 0.3) is 0 Å². The summed E-state index contributed by atoms with van der Waals surface area (Å²) < 4.78 is 47.3. The van der Waals surface area contributed by atoms with E-state index in [1.807, 2.05) is 0 Å². The van der Waals surface area contributed by atoms with Crippen molar-refractivity contribution in [1.29, 1.82) is 5.41 Å². The molecule has 0 bridgehead atoms. The SMILES string of the molecule is CC(=N)/C(C(N)=O)=C(/C)Nc1ccc(F)c(OC2CN(C(=O)N3N=CCC3c3cc(F)cc(F)c3)C2)n1. The van der Waals surface area contributed by atoms with Crippen LogP contribution in [0.2, 0.25) is 0 Å². The van der Waals surface area contributed by atoms with E-state index in [4.69, 9.17) is 15.9 Å². The highest BCUT2D eigenvalue weighted by molar-refractivity contribution is 6.19. The molecule has 2 aromatic rings. The van der Waals surface area contributed by atoms with Crippen LogP contribution in [0.15, 0.2) is 46.7 Å². The number of primary amides is 1. The van der Waals surface area contributed by atoms with Crippen LogP contribution in [-0.2, 0) is 4.79 Å². The molecule has 37 heavy (non-hydrogen) atoms. The molecule has 1 unspecified atom stereocenters. The number of benzene rings is 1. The minimum absolute atomic E-state index is 0.0226. The van der Waals surface area contributed by atoms with Gasteiger partial charge in [-0.1, -0.05) is 0 Å². The number of carbonyl (C=O) groups excluding carboxylic acids is 2. The number of nitrogens with two attached hydrogens (primary N) is 1. The van der Waals surface area contributed by atoms with Gasteiger partial charge in [0.25, 0.3) is 11.8 Å². The zero-order chi connectivity index (χ0) is 26.9. The summed E-state index contributed by atoms with van der Waals surface area (Å²) in [5.74, 6) is -3.16. The lowest BCUT2D eigenvalue weighted by Crippen LogP contribution is -2.59. The number of hydrogen-bond donors (Lipinski definition) is 3. The van der Waals surface area contributed by atoms with Crippen LogP contribution in [-0.4, -0.2) is 58.0 Å². The van der Waals surface area contributed by atoms with Crippen LogP contribution in [0.3, 0.4) is 0 Å². The van der Waals surface area contributed by atoms with E-state index in [9.17, 15) is 22.8 Å². The fourth-order valence-corrected chi connectivity index (χ4v) is 4.10. The van der Waals surface area contributed by atoms with Gasteiger partial charge < -0.3 is 26.1 Å². The molecule has 3 heterocycles. The third-order valence-corrected chi connectivity index (χ3v) is 5.82. The highest BCUT2D eigenvalue weighted by atomic mass is 19.1. The smallest absolute Gasteiger partial charge is 0.341 e. The molecule has 194 valence electrons. The summed E-state index contributed by atoms with van der Waals surface area (Å²) in [6.07, 6.45) is 1.25. The van der Waals surface area contributed by atoms with Gasteiger partial charge in [0.15, 0.2) is 5.82 Å². The van der Waals surface area contributed by atoms with Crippen molar-refractivity contribution in [3.8, 4) is 5.88 Å². The molecule has 3 amide bonds. The molecule has 0 aliphatic carbocycles. The summed E-state index contributed by atoms with van der Waals surface area (Å²) in [5, 5.41) is 15.7. The van der Waals surface area contributed by atoms with E-state index >= 15 is 0 Å². The molecule has 2 aliphatic heterocycles. The molecule has 0 spiro atoms. The number of nitrogens with one attached hydrogen (secondary N) is 2. The maximum Gasteiger partial charge on any atom is 0.341 e. The minimum Gasteiger partial charge on any atom is -0.468 e. The fraction of sp³-hybridized carbons (Fsp3) is 0.292. The zero-order valence-electron chi connectivity index (χ0n) is 20.0. The van der Waals surface area contributed by atoms with Crippen LogP contribution in [0.5, 0.6) is 5.88 Å². The topological polar surface area (TPSA) is 137 Å². The van der Waals surface area contributed by atoms with Crippen molar-refractivity contribution in [3.63, 3.8) is 0 Å². The number of carbonyl (C=O) groups is 2. The predicted molar refractivity (Wildman–Crippen MR) is 129 cm³/mol. The first-order chi connectivity index (χ1) is 17.5. The Balaban J connectivity index is 1.39. The molecule has 1 fully saturated rings. The van der Waals surface area contributed by atoms with Gasteiger partial charge >= 0.3 is 6.03 Å². The largest absolute Gasteiger partial charge is 0.468 e. The summed E-state index contributed by atoms with van der Waals surface area (Å²) in [7, 11) is 0. The Hall–Kier alpha value is -4.42. The minimum atomic E-state index is -0.789. The molecule has 4 rings (SSSR count). The number of urea groups is 1. The van der Waals surface area contributed by atoms with Crippen molar-refractivity contribution < 1.29 is 27.5 Å². The molecule has 1 aromatic carbocycles. The van der Waals surface area contributed by atoms with Crippen LogP contribution in [0.4, 0.5) is 23.8 Å². The van der Waals surface area contributed by atoms with Gasteiger partial charge in [0.05, 0.1) is 24.7 Å². The Morgan fingerprint density at radius 3 is 2.43 bits per heavy atom. The number of nitrogens with zero attached hydrogens (tertiary/aromatic N) is 4. The number of allylic oxidation sites excluding steroid dienone is 1. The number of rotatable bonds is 7. The second kappa shape index (κ2) is 10.3. The first-order valence-corrected chi connectivity index (χ1v) is 11.3. The van der Waals surface area contributed by atoms with Crippen LogP contribution in [0, 0.1) is 22.9 Å². The van der Waals surface area contributed by atoms with Crippen molar-refractivity contribution >= 4 is 29.7 Å². The Morgan fingerprint density at radius 2 is 1.81 bits per heavy atom. The number of amides is 3. The number of aromatic nitrogens is 1. The van der Waals surface area contributed by atoms with Crippen molar-refractivity contribution in [2.45, 2.75) is 32.4 Å². The fourth-order valence-electron chi connectivity index (χ4n) is 4.10. The van der Waals surface area contributed by atoms with E-state index in [0.29, 0.717) is 6.42 Å². The first-order valence-electron chi connectivity index (χ1n) is 11.3. The number of anilines is 1. The molecule has 1 atom stereocenters. The average molecular weight is 515 g/mol. The normalized spacial score (nSPS) is 17.8. The number of hydrogen-bond acceptors (Lipinski definition) is 7. The van der Waals surface area contributed by atoms with Crippen LogP contribution >= 0.6 is 0 Å². The van der Waals surface area contributed by atoms with Gasteiger partial charge in [-0.05, 0) is 43.7 Å². The lowest BCUT2D eigenvalue weighted by molar-refractivity contribution is -0.114. The number of hydrazone groups is 1. The Labute approximate surface area is 210 Å². The third-order valence-electron chi connectivity index (χ3n) is 5.82. The first kappa shape index (κ1) is 25.7. The van der Waals surface area contributed by atoms with Gasteiger partial charge in [0.2, 0.25) is 0 Å². The molecule has 1 aromatic heterocycles. The van der Waals surface area contributed by atoms with Crippen molar-refractivity contribution in [2.75, 3.05) is 18.4 Å². The molecular formula is C24H24F3N7O3. The summed E-state index contributed by atoms with van der Waals surface area (Å²) >= 11 is 0. The van der Waals surface area contributed by atoms with Crippen molar-refractivity contribution in [1.82, 2.24) is 14.9 Å². The zero-order valence-corrected chi connectivity index (χ0v) is 20.0. The van der Waals surface area contributed by atoms with Crippen molar-refractivity contribution in [2.24, 2.45) is 10.8 Å². The molecule has 2 aliphatic rings. The standard InChI is InChI=1S/C24H24F3N7O3/c1-12(28)21(22(29)35)13(2)31-20-4-3-18(27)23(32-20)37-17-10-33(11-17)24(36)34-19(5-6-30-34)14-7-15(25)9-16(26)8-14/h3-4,6-9,17,19,28H,5,10-11H2,1-2H3,(H2,29,35)(H,31,32)/b21-13+,28-12?. The van der Waals surface area contributed by atoms with Gasteiger partial charge in [-0.25, -0.2) is 23.0 Å². The number of pyridine rings is 1. The monoisotopic (exact) mass is 515 g/mol. The van der Waals surface area contributed by atoms with Gasteiger partial charge in [-0.3, -0.25) is 4.79 Å². The van der Waals surface area contributed by atoms with Crippen LogP contribution < -0.4 is 15.8 Å². The molecule has 4 N–H and O–H groups in total. The lowest BCUT2D eigenvalue weighted by atomic mass is 10.0.